The molecule has 160 valence electrons. The molecule has 1 aliphatic heterocycles. The van der Waals surface area contributed by atoms with Crippen molar-refractivity contribution in [2.24, 2.45) is 0 Å². The van der Waals surface area contributed by atoms with Crippen molar-refractivity contribution in [1.82, 2.24) is 5.32 Å². The van der Waals surface area contributed by atoms with Crippen LogP contribution in [0.3, 0.4) is 0 Å². The minimum Gasteiger partial charge on any atom is -0.313 e. The van der Waals surface area contributed by atoms with Gasteiger partial charge in [0.2, 0.25) is 0 Å². The van der Waals surface area contributed by atoms with Gasteiger partial charge < -0.3 is 5.32 Å². The van der Waals surface area contributed by atoms with Crippen molar-refractivity contribution < 1.29 is 0 Å². The Morgan fingerprint density at radius 1 is 0.562 bits per heavy atom. The second kappa shape index (κ2) is 10.5. The smallest absolute Gasteiger partial charge is 0.0119 e. The minimum atomic E-state index is -0.367. The summed E-state index contributed by atoms with van der Waals surface area (Å²) in [5.74, 6) is 0. The standard InChI is InChI=1S/C29H29NP2/c1-5-13-25(14-6-1)31(26-15-7-2-8-16-26)23-24-21-29(22-30-24)32(27-17-9-3-10-18-27)28-19-11-4-12-20-28/h1-20,24,29-30H,21-23H2/t24-,29-/m1/s1. The topological polar surface area (TPSA) is 12.0 Å². The Morgan fingerprint density at radius 2 is 0.969 bits per heavy atom. The first-order valence-corrected chi connectivity index (χ1v) is 14.3. The Bertz CT molecular complexity index is 1010. The van der Waals surface area contributed by atoms with E-state index in [2.05, 4.69) is 127 Å². The minimum absolute atomic E-state index is 0.364. The Hall–Kier alpha value is -2.30. The Balaban J connectivity index is 1.38. The van der Waals surface area contributed by atoms with E-state index in [0.29, 0.717) is 11.7 Å². The molecule has 32 heavy (non-hydrogen) atoms. The molecule has 0 amide bonds. The summed E-state index contributed by atoms with van der Waals surface area (Å²) >= 11 is 0. The van der Waals surface area contributed by atoms with Crippen molar-refractivity contribution in [2.75, 3.05) is 12.7 Å². The molecule has 1 nitrogen and oxygen atoms in total. The van der Waals surface area contributed by atoms with Crippen molar-refractivity contribution in [3.8, 4) is 0 Å². The first-order valence-electron chi connectivity index (χ1n) is 11.4. The number of benzene rings is 4. The van der Waals surface area contributed by atoms with Crippen molar-refractivity contribution in [3.63, 3.8) is 0 Å². The monoisotopic (exact) mass is 453 g/mol. The lowest BCUT2D eigenvalue weighted by molar-refractivity contribution is 0.672. The highest BCUT2D eigenvalue weighted by molar-refractivity contribution is 7.74. The predicted octanol–water partition coefficient (Wildman–Crippen LogP) is 4.98. The highest BCUT2D eigenvalue weighted by Crippen LogP contribution is 2.45. The zero-order valence-electron chi connectivity index (χ0n) is 18.2. The first-order chi connectivity index (χ1) is 15.9. The molecule has 4 aromatic rings. The van der Waals surface area contributed by atoms with Gasteiger partial charge in [0.25, 0.3) is 0 Å². The van der Waals surface area contributed by atoms with Crippen LogP contribution in [0, 0.1) is 0 Å². The summed E-state index contributed by atoms with van der Waals surface area (Å²) in [5.41, 5.74) is 0.670. The Labute approximate surface area is 194 Å². The van der Waals surface area contributed by atoms with Crippen LogP contribution in [-0.4, -0.2) is 24.4 Å². The van der Waals surface area contributed by atoms with Crippen LogP contribution in [0.2, 0.25) is 0 Å². The van der Waals surface area contributed by atoms with E-state index < -0.39 is 0 Å². The van der Waals surface area contributed by atoms with Gasteiger partial charge >= 0.3 is 0 Å². The zero-order chi connectivity index (χ0) is 21.6. The average Bonchev–Trinajstić information content (AvgIpc) is 3.33. The summed E-state index contributed by atoms with van der Waals surface area (Å²) in [7, 11) is -0.731. The van der Waals surface area contributed by atoms with Crippen molar-refractivity contribution in [1.29, 1.82) is 0 Å². The summed E-state index contributed by atoms with van der Waals surface area (Å²) in [6, 6.07) is 45.1. The first kappa shape index (κ1) is 21.5. The van der Waals surface area contributed by atoms with E-state index >= 15 is 0 Å². The van der Waals surface area contributed by atoms with Crippen LogP contribution in [0.1, 0.15) is 6.42 Å². The molecule has 4 aromatic carbocycles. The molecule has 2 atom stereocenters. The molecule has 0 aliphatic carbocycles. The van der Waals surface area contributed by atoms with E-state index in [-0.39, 0.29) is 15.8 Å². The molecule has 0 bridgehead atoms. The van der Waals surface area contributed by atoms with Crippen LogP contribution >= 0.6 is 15.8 Å². The van der Waals surface area contributed by atoms with E-state index in [1.54, 1.807) is 0 Å². The van der Waals surface area contributed by atoms with Gasteiger partial charge in [0.05, 0.1) is 0 Å². The van der Waals surface area contributed by atoms with Gasteiger partial charge in [-0.05, 0) is 49.6 Å². The molecule has 0 aromatic heterocycles. The van der Waals surface area contributed by atoms with E-state index in [1.807, 2.05) is 0 Å². The second-order valence-electron chi connectivity index (χ2n) is 8.32. The maximum atomic E-state index is 3.93. The fourth-order valence-electron chi connectivity index (χ4n) is 4.68. The number of rotatable bonds is 7. The molecule has 1 heterocycles. The molecule has 3 heteroatoms. The molecule has 1 saturated heterocycles. The number of hydrogen-bond donors (Lipinski definition) is 1. The van der Waals surface area contributed by atoms with Gasteiger partial charge in [0.15, 0.2) is 0 Å². The molecule has 1 N–H and O–H groups in total. The van der Waals surface area contributed by atoms with Crippen LogP contribution in [0.15, 0.2) is 121 Å². The number of hydrogen-bond acceptors (Lipinski definition) is 1. The lowest BCUT2D eigenvalue weighted by atomic mass is 10.2. The highest BCUT2D eigenvalue weighted by Gasteiger charge is 2.33. The van der Waals surface area contributed by atoms with Crippen molar-refractivity contribution in [2.45, 2.75) is 18.1 Å². The maximum Gasteiger partial charge on any atom is 0.0119 e. The molecule has 5 rings (SSSR count). The van der Waals surface area contributed by atoms with Gasteiger partial charge in [-0.15, -0.1) is 0 Å². The van der Waals surface area contributed by atoms with E-state index in [4.69, 9.17) is 0 Å². The third-order valence-electron chi connectivity index (χ3n) is 6.17. The second-order valence-corrected chi connectivity index (χ2v) is 13.1. The summed E-state index contributed by atoms with van der Waals surface area (Å²) in [6.45, 7) is 1.10. The SMILES string of the molecule is c1ccc(P(C[C@H]2C[C@@H](P(c3ccccc3)c3ccccc3)CN2)c2ccccc2)cc1. The fourth-order valence-corrected chi connectivity index (χ4v) is 10.1. The third-order valence-corrected chi connectivity index (χ3v) is 11.7. The summed E-state index contributed by atoms with van der Waals surface area (Å²) in [5, 5.41) is 9.88. The summed E-state index contributed by atoms with van der Waals surface area (Å²) in [4.78, 5) is 0. The molecular weight excluding hydrogens is 424 g/mol. The van der Waals surface area contributed by atoms with Gasteiger partial charge in [-0.25, -0.2) is 0 Å². The molecule has 0 radical (unpaired) electrons. The Morgan fingerprint density at radius 3 is 1.41 bits per heavy atom. The van der Waals surface area contributed by atoms with Crippen LogP contribution in [0.4, 0.5) is 0 Å². The average molecular weight is 454 g/mol. The van der Waals surface area contributed by atoms with Gasteiger partial charge in [-0.3, -0.25) is 0 Å². The normalized spacial score (nSPS) is 18.3. The van der Waals surface area contributed by atoms with E-state index in [9.17, 15) is 0 Å². The molecule has 1 fully saturated rings. The summed E-state index contributed by atoms with van der Waals surface area (Å²) in [6.07, 6.45) is 2.45. The zero-order valence-corrected chi connectivity index (χ0v) is 20.0. The molecule has 0 unspecified atom stereocenters. The van der Waals surface area contributed by atoms with E-state index in [1.165, 1.54) is 33.8 Å². The van der Waals surface area contributed by atoms with Gasteiger partial charge in [0, 0.05) is 18.2 Å². The van der Waals surface area contributed by atoms with E-state index in [0.717, 1.165) is 6.54 Å². The number of nitrogens with one attached hydrogen (secondary N) is 1. The largest absolute Gasteiger partial charge is 0.313 e. The molecule has 0 spiro atoms. The van der Waals surface area contributed by atoms with Gasteiger partial charge in [0.1, 0.15) is 0 Å². The fraction of sp³-hybridized carbons (Fsp3) is 0.172. The van der Waals surface area contributed by atoms with Gasteiger partial charge in [-0.2, -0.15) is 0 Å². The lowest BCUT2D eigenvalue weighted by Crippen LogP contribution is -2.28. The van der Waals surface area contributed by atoms with Crippen molar-refractivity contribution >= 4 is 37.1 Å². The van der Waals surface area contributed by atoms with Crippen LogP contribution < -0.4 is 26.5 Å². The Kier molecular flexibility index (Phi) is 7.10. The van der Waals surface area contributed by atoms with Crippen LogP contribution in [-0.2, 0) is 0 Å². The van der Waals surface area contributed by atoms with Crippen molar-refractivity contribution in [3.05, 3.63) is 121 Å². The highest BCUT2D eigenvalue weighted by atomic mass is 31.1. The van der Waals surface area contributed by atoms with Crippen LogP contribution in [0.25, 0.3) is 0 Å². The molecule has 0 saturated carbocycles. The quantitative estimate of drug-likeness (QED) is 0.389. The molecule has 1 aliphatic rings. The summed E-state index contributed by atoms with van der Waals surface area (Å²) < 4.78 is 0. The third kappa shape index (κ3) is 5.02. The molecular formula is C29H29NP2. The maximum absolute atomic E-state index is 3.93. The predicted molar refractivity (Wildman–Crippen MR) is 143 cm³/mol. The van der Waals surface area contributed by atoms with Gasteiger partial charge in [-0.1, -0.05) is 121 Å². The lowest BCUT2D eigenvalue weighted by Gasteiger charge is -2.26. The van der Waals surface area contributed by atoms with Crippen LogP contribution in [0.5, 0.6) is 0 Å².